The number of rotatable bonds is 11. The van der Waals surface area contributed by atoms with Crippen molar-refractivity contribution in [2.24, 2.45) is 4.99 Å². The fraction of sp³-hybridized carbons (Fsp3) is 0.455. The summed E-state index contributed by atoms with van der Waals surface area (Å²) in [7, 11) is 3.45. The summed E-state index contributed by atoms with van der Waals surface area (Å²) in [5.74, 6) is 1.48. The van der Waals surface area contributed by atoms with E-state index in [4.69, 9.17) is 9.15 Å². The summed E-state index contributed by atoms with van der Waals surface area (Å²) in [6.07, 6.45) is 3.30. The fourth-order valence-electron chi connectivity index (χ4n) is 2.58. The number of ether oxygens (including phenoxy) is 1. The standard InChI is InChI=1S/C22H32N4O3.HI/c1-18(19-9-5-4-6-10-19)28-16-8-13-23-22(25-17-21(27)26(2)3)24-14-12-20-11-7-15-29-20;/h4-7,9-11,15,18H,8,12-14,16-17H2,1-3H3,(H2,23,24,25);1H. The maximum Gasteiger partial charge on any atom is 0.243 e. The summed E-state index contributed by atoms with van der Waals surface area (Å²) in [5, 5.41) is 6.51. The molecular formula is C22H33IN4O3. The number of guanidine groups is 1. The number of nitrogens with zero attached hydrogens (tertiary/aromatic N) is 2. The normalized spacial score (nSPS) is 12.0. The van der Waals surface area contributed by atoms with E-state index in [0.717, 1.165) is 18.6 Å². The largest absolute Gasteiger partial charge is 0.469 e. The van der Waals surface area contributed by atoms with Gasteiger partial charge in [-0.15, -0.1) is 24.0 Å². The summed E-state index contributed by atoms with van der Waals surface area (Å²) in [4.78, 5) is 17.7. The van der Waals surface area contributed by atoms with E-state index in [2.05, 4.69) is 34.7 Å². The van der Waals surface area contributed by atoms with Gasteiger partial charge in [-0.05, 0) is 31.0 Å². The number of aliphatic imine (C=N–C) groups is 1. The van der Waals surface area contributed by atoms with Crippen molar-refractivity contribution in [3.8, 4) is 0 Å². The zero-order valence-electron chi connectivity index (χ0n) is 18.0. The molecule has 0 aliphatic carbocycles. The second-order valence-corrected chi connectivity index (χ2v) is 6.91. The van der Waals surface area contributed by atoms with Crippen LogP contribution in [0.2, 0.25) is 0 Å². The van der Waals surface area contributed by atoms with Crippen LogP contribution in [0, 0.1) is 0 Å². The van der Waals surface area contributed by atoms with Crippen molar-refractivity contribution in [2.75, 3.05) is 40.3 Å². The highest BCUT2D eigenvalue weighted by Crippen LogP contribution is 2.15. The van der Waals surface area contributed by atoms with Crippen LogP contribution in [0.1, 0.15) is 30.8 Å². The fourth-order valence-corrected chi connectivity index (χ4v) is 2.58. The molecule has 0 radical (unpaired) electrons. The number of likely N-dealkylation sites (N-methyl/N-ethyl adjacent to an activating group) is 1. The Kier molecular flexibility index (Phi) is 12.8. The molecule has 1 heterocycles. The number of nitrogens with one attached hydrogen (secondary N) is 2. The third kappa shape index (κ3) is 10.1. The minimum atomic E-state index is -0.0443. The number of carbonyl (C=O) groups is 1. The molecule has 0 aliphatic heterocycles. The SMILES string of the molecule is CC(OCCCNC(=NCC(=O)N(C)C)NCCc1ccco1)c1ccccc1.I. The maximum absolute atomic E-state index is 11.8. The lowest BCUT2D eigenvalue weighted by Gasteiger charge is -2.15. The van der Waals surface area contributed by atoms with Gasteiger partial charge in [-0.25, -0.2) is 4.99 Å². The molecule has 1 unspecified atom stereocenters. The lowest BCUT2D eigenvalue weighted by Crippen LogP contribution is -2.40. The van der Waals surface area contributed by atoms with Gasteiger partial charge in [0.1, 0.15) is 12.3 Å². The Labute approximate surface area is 196 Å². The molecule has 0 saturated heterocycles. The first-order valence-corrected chi connectivity index (χ1v) is 9.97. The van der Waals surface area contributed by atoms with Gasteiger partial charge in [0.15, 0.2) is 5.96 Å². The molecular weight excluding hydrogens is 495 g/mol. The summed E-state index contributed by atoms with van der Waals surface area (Å²) in [5.41, 5.74) is 1.17. The van der Waals surface area contributed by atoms with E-state index in [1.54, 1.807) is 20.4 Å². The van der Waals surface area contributed by atoms with E-state index in [0.29, 0.717) is 25.7 Å². The van der Waals surface area contributed by atoms with Gasteiger partial charge in [-0.2, -0.15) is 0 Å². The number of benzene rings is 1. The Hall–Kier alpha value is -2.07. The Morgan fingerprint density at radius 2 is 1.87 bits per heavy atom. The van der Waals surface area contributed by atoms with Crippen molar-refractivity contribution in [2.45, 2.75) is 25.9 Å². The van der Waals surface area contributed by atoms with Crippen LogP contribution < -0.4 is 10.6 Å². The molecule has 2 rings (SSSR count). The van der Waals surface area contributed by atoms with E-state index in [1.165, 1.54) is 10.5 Å². The predicted octanol–water partition coefficient (Wildman–Crippen LogP) is 3.23. The van der Waals surface area contributed by atoms with Gasteiger partial charge in [0.2, 0.25) is 5.91 Å². The van der Waals surface area contributed by atoms with Crippen LogP contribution in [0.5, 0.6) is 0 Å². The third-order valence-corrected chi connectivity index (χ3v) is 4.37. The summed E-state index contributed by atoms with van der Waals surface area (Å²) >= 11 is 0. The summed E-state index contributed by atoms with van der Waals surface area (Å²) < 4.78 is 11.2. The number of hydrogen-bond acceptors (Lipinski definition) is 4. The second kappa shape index (κ2) is 14.8. The highest BCUT2D eigenvalue weighted by molar-refractivity contribution is 14.0. The summed E-state index contributed by atoms with van der Waals surface area (Å²) in [6.45, 7) is 4.16. The van der Waals surface area contributed by atoms with Crippen molar-refractivity contribution in [1.29, 1.82) is 0 Å². The molecule has 30 heavy (non-hydrogen) atoms. The second-order valence-electron chi connectivity index (χ2n) is 6.91. The zero-order chi connectivity index (χ0) is 20.9. The van der Waals surface area contributed by atoms with Gasteiger partial charge in [0.05, 0.1) is 12.4 Å². The van der Waals surface area contributed by atoms with Gasteiger partial charge in [-0.3, -0.25) is 4.79 Å². The van der Waals surface area contributed by atoms with Gasteiger partial charge in [0.25, 0.3) is 0 Å². The number of hydrogen-bond donors (Lipinski definition) is 2. The lowest BCUT2D eigenvalue weighted by molar-refractivity contribution is -0.127. The Bertz CT molecular complexity index is 736. The molecule has 1 amide bonds. The quantitative estimate of drug-likeness (QED) is 0.203. The van der Waals surface area contributed by atoms with Crippen LogP contribution in [0.4, 0.5) is 0 Å². The smallest absolute Gasteiger partial charge is 0.243 e. The number of halogens is 1. The molecule has 7 nitrogen and oxygen atoms in total. The van der Waals surface area contributed by atoms with E-state index in [9.17, 15) is 4.79 Å². The Morgan fingerprint density at radius 3 is 2.53 bits per heavy atom. The zero-order valence-corrected chi connectivity index (χ0v) is 20.3. The van der Waals surface area contributed by atoms with E-state index in [1.807, 2.05) is 30.3 Å². The molecule has 1 aromatic heterocycles. The Balaban J connectivity index is 0.00000450. The van der Waals surface area contributed by atoms with E-state index >= 15 is 0 Å². The monoisotopic (exact) mass is 528 g/mol. The molecule has 0 fully saturated rings. The van der Waals surface area contributed by atoms with Crippen molar-refractivity contribution in [3.05, 3.63) is 60.1 Å². The van der Waals surface area contributed by atoms with Crippen LogP contribution in [-0.2, 0) is 16.0 Å². The molecule has 2 N–H and O–H groups in total. The average Bonchev–Trinajstić information content (AvgIpc) is 3.24. The van der Waals surface area contributed by atoms with Crippen LogP contribution >= 0.6 is 24.0 Å². The average molecular weight is 528 g/mol. The molecule has 8 heteroatoms. The van der Waals surface area contributed by atoms with Crippen molar-refractivity contribution >= 4 is 35.8 Å². The van der Waals surface area contributed by atoms with E-state index in [-0.39, 0.29) is 42.5 Å². The van der Waals surface area contributed by atoms with Crippen LogP contribution in [0.25, 0.3) is 0 Å². The molecule has 1 aromatic carbocycles. The van der Waals surface area contributed by atoms with Gasteiger partial charge in [-0.1, -0.05) is 30.3 Å². The first-order chi connectivity index (χ1) is 14.1. The summed E-state index contributed by atoms with van der Waals surface area (Å²) in [6, 6.07) is 14.0. The van der Waals surface area contributed by atoms with Crippen LogP contribution in [0.15, 0.2) is 58.1 Å². The van der Waals surface area contributed by atoms with Crippen molar-refractivity contribution < 1.29 is 13.9 Å². The Morgan fingerprint density at radius 1 is 1.13 bits per heavy atom. The first kappa shape index (κ1) is 26.0. The van der Waals surface area contributed by atoms with Gasteiger partial charge < -0.3 is 24.7 Å². The molecule has 1 atom stereocenters. The number of carbonyl (C=O) groups excluding carboxylic acids is 1. The molecule has 0 saturated carbocycles. The minimum absolute atomic E-state index is 0. The third-order valence-electron chi connectivity index (χ3n) is 4.37. The lowest BCUT2D eigenvalue weighted by atomic mass is 10.1. The molecule has 0 bridgehead atoms. The highest BCUT2D eigenvalue weighted by Gasteiger charge is 2.06. The maximum atomic E-state index is 11.8. The van der Waals surface area contributed by atoms with Crippen molar-refractivity contribution in [1.82, 2.24) is 15.5 Å². The molecule has 2 aromatic rings. The highest BCUT2D eigenvalue weighted by atomic mass is 127. The van der Waals surface area contributed by atoms with Crippen LogP contribution in [0.3, 0.4) is 0 Å². The number of amides is 1. The van der Waals surface area contributed by atoms with Gasteiger partial charge in [0, 0.05) is 40.2 Å². The first-order valence-electron chi connectivity index (χ1n) is 9.97. The van der Waals surface area contributed by atoms with Gasteiger partial charge >= 0.3 is 0 Å². The minimum Gasteiger partial charge on any atom is -0.469 e. The molecule has 166 valence electrons. The molecule has 0 spiro atoms. The van der Waals surface area contributed by atoms with Crippen LogP contribution in [-0.4, -0.2) is 57.1 Å². The topological polar surface area (TPSA) is 79.1 Å². The van der Waals surface area contributed by atoms with E-state index < -0.39 is 0 Å². The predicted molar refractivity (Wildman–Crippen MR) is 130 cm³/mol. The van der Waals surface area contributed by atoms with Crippen molar-refractivity contribution in [3.63, 3.8) is 0 Å². The number of furan rings is 1. The molecule has 0 aliphatic rings.